The minimum atomic E-state index is -4.18. The van der Waals surface area contributed by atoms with Gasteiger partial charge in [-0.15, -0.1) is 0 Å². The van der Waals surface area contributed by atoms with Gasteiger partial charge in [-0.1, -0.05) is 72.3 Å². The summed E-state index contributed by atoms with van der Waals surface area (Å²) < 4.78 is 34.5. The summed E-state index contributed by atoms with van der Waals surface area (Å²) in [5, 5.41) is 2.70. The largest absolute Gasteiger partial charge is 0.497 e. The number of carbonyl (C=O) groups excluding carboxylic acids is 2. The number of ether oxygens (including phenoxy) is 1. The highest BCUT2D eigenvalue weighted by atomic mass is 32.2. The molecule has 0 fully saturated rings. The van der Waals surface area contributed by atoms with Crippen LogP contribution in [0.1, 0.15) is 22.3 Å². The second-order valence-electron chi connectivity index (χ2n) is 10.3. The number of hydrogen-bond donors (Lipinski definition) is 1. The Kier molecular flexibility index (Phi) is 10.2. The predicted octanol–water partition coefficient (Wildman–Crippen LogP) is 4.89. The Morgan fingerprint density at radius 2 is 1.47 bits per heavy atom. The molecule has 0 unspecified atom stereocenters. The van der Waals surface area contributed by atoms with E-state index in [0.29, 0.717) is 11.4 Å². The smallest absolute Gasteiger partial charge is 0.264 e. The zero-order valence-electron chi connectivity index (χ0n) is 24.9. The van der Waals surface area contributed by atoms with Crippen molar-refractivity contribution in [2.75, 3.05) is 25.0 Å². The van der Waals surface area contributed by atoms with Crippen molar-refractivity contribution >= 4 is 27.5 Å². The fraction of sp³-hybridized carbons (Fsp3) is 0.235. The Morgan fingerprint density at radius 3 is 2.07 bits per heavy atom. The highest BCUT2D eigenvalue weighted by Crippen LogP contribution is 2.27. The van der Waals surface area contributed by atoms with Gasteiger partial charge in [0, 0.05) is 20.0 Å². The van der Waals surface area contributed by atoms with Crippen LogP contribution in [-0.2, 0) is 32.6 Å². The maximum absolute atomic E-state index is 14.4. The van der Waals surface area contributed by atoms with E-state index in [0.717, 1.165) is 26.6 Å². The highest BCUT2D eigenvalue weighted by Gasteiger charge is 2.34. The van der Waals surface area contributed by atoms with Crippen LogP contribution in [0.15, 0.2) is 108 Å². The van der Waals surface area contributed by atoms with Crippen molar-refractivity contribution in [3.63, 3.8) is 0 Å². The lowest BCUT2D eigenvalue weighted by molar-refractivity contribution is -0.139. The summed E-state index contributed by atoms with van der Waals surface area (Å²) in [6.45, 7) is 3.46. The molecule has 1 atom stereocenters. The van der Waals surface area contributed by atoms with E-state index < -0.39 is 28.5 Å². The summed E-state index contributed by atoms with van der Waals surface area (Å²) in [4.78, 5) is 29.2. The van der Waals surface area contributed by atoms with Gasteiger partial charge in [0.25, 0.3) is 10.0 Å². The van der Waals surface area contributed by atoms with Crippen LogP contribution in [-0.4, -0.2) is 51.9 Å². The van der Waals surface area contributed by atoms with E-state index in [1.165, 1.54) is 31.2 Å². The van der Waals surface area contributed by atoms with E-state index in [1.54, 1.807) is 36.4 Å². The molecule has 0 saturated carbocycles. The van der Waals surface area contributed by atoms with Crippen LogP contribution in [0.25, 0.3) is 0 Å². The Labute approximate surface area is 254 Å². The van der Waals surface area contributed by atoms with E-state index >= 15 is 0 Å². The first-order valence-electron chi connectivity index (χ1n) is 14.0. The lowest BCUT2D eigenvalue weighted by atomic mass is 10.0. The van der Waals surface area contributed by atoms with Crippen LogP contribution in [0.5, 0.6) is 5.75 Å². The molecule has 0 radical (unpaired) electrons. The van der Waals surface area contributed by atoms with Crippen molar-refractivity contribution < 1.29 is 22.7 Å². The molecule has 1 N–H and O–H groups in total. The van der Waals surface area contributed by atoms with Crippen LogP contribution < -0.4 is 14.4 Å². The van der Waals surface area contributed by atoms with Gasteiger partial charge < -0.3 is 15.0 Å². The average molecular weight is 600 g/mol. The molecule has 9 heteroatoms. The average Bonchev–Trinajstić information content (AvgIpc) is 3.02. The Bertz CT molecular complexity index is 1640. The molecule has 4 aromatic rings. The van der Waals surface area contributed by atoms with E-state index in [9.17, 15) is 18.0 Å². The third kappa shape index (κ3) is 7.61. The minimum Gasteiger partial charge on any atom is -0.497 e. The lowest BCUT2D eigenvalue weighted by Crippen LogP contribution is -2.53. The van der Waals surface area contributed by atoms with Gasteiger partial charge in [0.15, 0.2) is 0 Å². The summed E-state index contributed by atoms with van der Waals surface area (Å²) in [5.41, 5.74) is 3.97. The summed E-state index contributed by atoms with van der Waals surface area (Å²) in [6.07, 6.45) is 0.258. The van der Waals surface area contributed by atoms with Crippen molar-refractivity contribution in [1.29, 1.82) is 0 Å². The van der Waals surface area contributed by atoms with Crippen LogP contribution in [0.4, 0.5) is 5.69 Å². The predicted molar refractivity (Wildman–Crippen MR) is 168 cm³/mol. The third-order valence-corrected chi connectivity index (χ3v) is 9.16. The summed E-state index contributed by atoms with van der Waals surface area (Å²) in [5.74, 6) is -0.341. The molecule has 4 rings (SSSR count). The SMILES string of the molecule is CNC(=O)[C@@H](Cc1ccccc1)N(Cc1ccccc1C)C(=O)CN(c1ccc(C)cc1)S(=O)(=O)c1ccc(OC)cc1. The van der Waals surface area contributed by atoms with Gasteiger partial charge in [-0.25, -0.2) is 8.42 Å². The number of rotatable bonds is 12. The number of nitrogens with zero attached hydrogens (tertiary/aromatic N) is 2. The molecule has 43 heavy (non-hydrogen) atoms. The molecule has 8 nitrogen and oxygen atoms in total. The van der Waals surface area contributed by atoms with Gasteiger partial charge in [-0.3, -0.25) is 13.9 Å². The van der Waals surface area contributed by atoms with Crippen molar-refractivity contribution in [2.24, 2.45) is 0 Å². The monoisotopic (exact) mass is 599 g/mol. The molecule has 2 amide bonds. The molecule has 0 aromatic heterocycles. The number of aryl methyl sites for hydroxylation is 2. The quantitative estimate of drug-likeness (QED) is 0.250. The van der Waals surface area contributed by atoms with Crippen LogP contribution >= 0.6 is 0 Å². The van der Waals surface area contributed by atoms with E-state index in [-0.39, 0.29) is 23.8 Å². The first kappa shape index (κ1) is 31.3. The number of hydrogen-bond acceptors (Lipinski definition) is 5. The molecule has 0 spiro atoms. The van der Waals surface area contributed by atoms with Gasteiger partial charge in [-0.2, -0.15) is 0 Å². The van der Waals surface area contributed by atoms with Gasteiger partial charge in [0.05, 0.1) is 17.7 Å². The molecule has 0 heterocycles. The number of likely N-dealkylation sites (N-methyl/N-ethyl adjacent to an activating group) is 1. The number of methoxy groups -OCH3 is 1. The molecule has 4 aromatic carbocycles. The van der Waals surface area contributed by atoms with Crippen molar-refractivity contribution in [3.8, 4) is 5.75 Å². The third-order valence-electron chi connectivity index (χ3n) is 7.37. The fourth-order valence-corrected chi connectivity index (χ4v) is 6.22. The summed E-state index contributed by atoms with van der Waals surface area (Å²) in [6, 6.07) is 29.2. The standard InChI is InChI=1S/C34H37N3O5S/c1-25-14-16-29(17-15-25)37(43(40,41)31-20-18-30(42-4)19-21-31)24-33(38)36(23-28-13-9-8-10-26(28)2)32(34(39)35-3)22-27-11-6-5-7-12-27/h5-21,32H,22-24H2,1-4H3,(H,35,39)/t32-/m1/s1. The number of anilines is 1. The molecule has 0 aliphatic carbocycles. The zero-order chi connectivity index (χ0) is 31.0. The summed E-state index contributed by atoms with van der Waals surface area (Å²) in [7, 11) is -1.15. The van der Waals surface area contributed by atoms with E-state index in [1.807, 2.05) is 68.4 Å². The number of amides is 2. The van der Waals surface area contributed by atoms with Gasteiger partial charge in [-0.05, 0) is 66.9 Å². The normalized spacial score (nSPS) is 11.8. The van der Waals surface area contributed by atoms with Crippen LogP contribution in [0, 0.1) is 13.8 Å². The van der Waals surface area contributed by atoms with Gasteiger partial charge >= 0.3 is 0 Å². The topological polar surface area (TPSA) is 96.0 Å². The van der Waals surface area contributed by atoms with Crippen LogP contribution in [0.2, 0.25) is 0 Å². The first-order valence-corrected chi connectivity index (χ1v) is 15.4. The Morgan fingerprint density at radius 1 is 0.837 bits per heavy atom. The highest BCUT2D eigenvalue weighted by molar-refractivity contribution is 7.92. The second-order valence-corrected chi connectivity index (χ2v) is 12.2. The second kappa shape index (κ2) is 14.0. The first-order chi connectivity index (χ1) is 20.6. The minimum absolute atomic E-state index is 0.0132. The maximum atomic E-state index is 14.4. The number of carbonyl (C=O) groups is 2. The molecular weight excluding hydrogens is 562 g/mol. The molecule has 224 valence electrons. The molecular formula is C34H37N3O5S. The Hall–Kier alpha value is -4.63. The van der Waals surface area contributed by atoms with Gasteiger partial charge in [0.1, 0.15) is 18.3 Å². The van der Waals surface area contributed by atoms with E-state index in [2.05, 4.69) is 5.32 Å². The lowest BCUT2D eigenvalue weighted by Gasteiger charge is -2.34. The maximum Gasteiger partial charge on any atom is 0.264 e. The number of sulfonamides is 1. The fourth-order valence-electron chi connectivity index (χ4n) is 4.81. The molecule has 0 aliphatic heterocycles. The summed E-state index contributed by atoms with van der Waals surface area (Å²) >= 11 is 0. The number of nitrogens with one attached hydrogen (secondary N) is 1. The zero-order valence-corrected chi connectivity index (χ0v) is 25.7. The van der Waals surface area contributed by atoms with Crippen molar-refractivity contribution in [3.05, 3.63) is 125 Å². The van der Waals surface area contributed by atoms with Crippen molar-refractivity contribution in [2.45, 2.75) is 37.8 Å². The van der Waals surface area contributed by atoms with Crippen LogP contribution in [0.3, 0.4) is 0 Å². The molecule has 0 bridgehead atoms. The number of benzene rings is 4. The Balaban J connectivity index is 1.79. The van der Waals surface area contributed by atoms with Gasteiger partial charge in [0.2, 0.25) is 11.8 Å². The molecule has 0 aliphatic rings. The van der Waals surface area contributed by atoms with Crippen molar-refractivity contribution in [1.82, 2.24) is 10.2 Å². The van der Waals surface area contributed by atoms with E-state index in [4.69, 9.17) is 4.74 Å². The molecule has 0 saturated heterocycles.